The van der Waals surface area contributed by atoms with Crippen LogP contribution in [-0.2, 0) is 9.59 Å². The average Bonchev–Trinajstić information content (AvgIpc) is 2.92. The van der Waals surface area contributed by atoms with E-state index in [4.69, 9.17) is 16.7 Å². The van der Waals surface area contributed by atoms with Crippen molar-refractivity contribution in [3.8, 4) is 5.75 Å². The second kappa shape index (κ2) is 8.38. The lowest BCUT2D eigenvalue weighted by atomic mass is 10.1. The average molecular weight is 433 g/mol. The quantitative estimate of drug-likeness (QED) is 0.488. The van der Waals surface area contributed by atoms with Crippen molar-refractivity contribution < 1.29 is 29.4 Å². The Kier molecular flexibility index (Phi) is 5.90. The molecular formula is C19H13ClN2O6S. The van der Waals surface area contributed by atoms with Gasteiger partial charge in [0.15, 0.2) is 0 Å². The number of thioether (sulfide) groups is 1. The van der Waals surface area contributed by atoms with Gasteiger partial charge >= 0.3 is 5.97 Å². The topological polar surface area (TPSA) is 124 Å². The Morgan fingerprint density at radius 3 is 2.48 bits per heavy atom. The van der Waals surface area contributed by atoms with Crippen LogP contribution in [0.25, 0.3) is 6.08 Å². The molecule has 1 aliphatic rings. The van der Waals surface area contributed by atoms with Crippen LogP contribution >= 0.6 is 23.4 Å². The van der Waals surface area contributed by atoms with E-state index < -0.39 is 29.6 Å². The SMILES string of the molecule is O=C(CN1C(=O)S/C(=C/c2ccc(Cl)cc2)C1=O)Nc1ccc(O)cc1C(=O)O. The van der Waals surface area contributed by atoms with Crippen molar-refractivity contribution in [2.24, 2.45) is 0 Å². The fourth-order valence-corrected chi connectivity index (χ4v) is 3.46. The van der Waals surface area contributed by atoms with Crippen LogP contribution in [0.15, 0.2) is 47.4 Å². The number of carboxylic acid groups (broad SMARTS) is 1. The minimum Gasteiger partial charge on any atom is -0.508 e. The highest BCUT2D eigenvalue weighted by Crippen LogP contribution is 2.32. The predicted molar refractivity (Wildman–Crippen MR) is 108 cm³/mol. The summed E-state index contributed by atoms with van der Waals surface area (Å²) in [5.41, 5.74) is 0.277. The summed E-state index contributed by atoms with van der Waals surface area (Å²) in [4.78, 5) is 49.1. The highest BCUT2D eigenvalue weighted by atomic mass is 35.5. The van der Waals surface area contributed by atoms with Gasteiger partial charge in [0, 0.05) is 5.02 Å². The maximum atomic E-state index is 12.5. The molecule has 2 aromatic rings. The first-order valence-electron chi connectivity index (χ1n) is 8.11. The first-order valence-corrected chi connectivity index (χ1v) is 9.31. The molecule has 0 atom stereocenters. The second-order valence-electron chi connectivity index (χ2n) is 5.90. The summed E-state index contributed by atoms with van der Waals surface area (Å²) < 4.78 is 0. The summed E-state index contributed by atoms with van der Waals surface area (Å²) >= 11 is 6.51. The molecule has 0 bridgehead atoms. The fraction of sp³-hybridized carbons (Fsp3) is 0.0526. The van der Waals surface area contributed by atoms with Gasteiger partial charge in [-0.2, -0.15) is 0 Å². The van der Waals surface area contributed by atoms with Crippen LogP contribution in [-0.4, -0.2) is 44.7 Å². The summed E-state index contributed by atoms with van der Waals surface area (Å²) in [5.74, 6) is -3.02. The van der Waals surface area contributed by atoms with Gasteiger partial charge in [-0.05, 0) is 53.7 Å². The summed E-state index contributed by atoms with van der Waals surface area (Å²) in [6, 6.07) is 10.0. The van der Waals surface area contributed by atoms with Crippen molar-refractivity contribution in [3.05, 3.63) is 63.5 Å². The highest BCUT2D eigenvalue weighted by Gasteiger charge is 2.36. The first kappa shape index (κ1) is 20.4. The van der Waals surface area contributed by atoms with E-state index in [0.29, 0.717) is 22.3 Å². The summed E-state index contributed by atoms with van der Waals surface area (Å²) in [7, 11) is 0. The zero-order valence-corrected chi connectivity index (χ0v) is 16.2. The fourth-order valence-electron chi connectivity index (χ4n) is 2.50. The monoisotopic (exact) mass is 432 g/mol. The van der Waals surface area contributed by atoms with Gasteiger partial charge in [-0.1, -0.05) is 23.7 Å². The molecule has 0 saturated carbocycles. The molecular weight excluding hydrogens is 420 g/mol. The van der Waals surface area contributed by atoms with Crippen molar-refractivity contribution in [3.63, 3.8) is 0 Å². The normalized spacial score (nSPS) is 15.1. The Morgan fingerprint density at radius 2 is 1.83 bits per heavy atom. The number of carboxylic acids is 1. The summed E-state index contributed by atoms with van der Waals surface area (Å²) in [5, 5.41) is 20.8. The molecule has 1 heterocycles. The van der Waals surface area contributed by atoms with Crippen LogP contribution in [0.1, 0.15) is 15.9 Å². The number of benzene rings is 2. The number of imide groups is 1. The van der Waals surface area contributed by atoms with Gasteiger partial charge in [0.05, 0.1) is 16.2 Å². The molecule has 1 aliphatic heterocycles. The third kappa shape index (κ3) is 4.76. The minimum absolute atomic E-state index is 0.0658. The number of rotatable bonds is 5. The van der Waals surface area contributed by atoms with Gasteiger partial charge in [0.1, 0.15) is 12.3 Å². The van der Waals surface area contributed by atoms with Crippen LogP contribution in [0.5, 0.6) is 5.75 Å². The van der Waals surface area contributed by atoms with Gasteiger partial charge in [0.2, 0.25) is 5.91 Å². The minimum atomic E-state index is -1.35. The third-order valence-corrected chi connectivity index (χ3v) is 5.01. The zero-order chi connectivity index (χ0) is 21.1. The van der Waals surface area contributed by atoms with Gasteiger partial charge in [-0.25, -0.2) is 4.79 Å². The Morgan fingerprint density at radius 1 is 1.14 bits per heavy atom. The number of aromatic hydroxyl groups is 1. The van der Waals surface area contributed by atoms with Crippen LogP contribution < -0.4 is 5.32 Å². The van der Waals surface area contributed by atoms with E-state index in [0.717, 1.165) is 11.0 Å². The smallest absolute Gasteiger partial charge is 0.337 e. The van der Waals surface area contributed by atoms with Gasteiger partial charge < -0.3 is 15.5 Å². The van der Waals surface area contributed by atoms with Crippen LogP contribution in [0.3, 0.4) is 0 Å². The molecule has 3 rings (SSSR count). The zero-order valence-electron chi connectivity index (χ0n) is 14.6. The van der Waals surface area contributed by atoms with E-state index in [1.807, 2.05) is 0 Å². The highest BCUT2D eigenvalue weighted by molar-refractivity contribution is 8.18. The Labute approximate surface area is 173 Å². The Hall–Kier alpha value is -3.30. The van der Waals surface area contributed by atoms with E-state index >= 15 is 0 Å². The third-order valence-electron chi connectivity index (χ3n) is 3.85. The number of hydrogen-bond donors (Lipinski definition) is 3. The number of amides is 3. The van der Waals surface area contributed by atoms with E-state index in [1.165, 1.54) is 18.2 Å². The Bertz CT molecular complexity index is 1050. The maximum absolute atomic E-state index is 12.5. The number of nitrogens with zero attached hydrogens (tertiary/aromatic N) is 1. The molecule has 0 unspecified atom stereocenters. The molecule has 3 N–H and O–H groups in total. The lowest BCUT2D eigenvalue weighted by Gasteiger charge is -2.13. The number of hydrogen-bond acceptors (Lipinski definition) is 6. The molecule has 29 heavy (non-hydrogen) atoms. The predicted octanol–water partition coefficient (Wildman–Crippen LogP) is 3.42. The van der Waals surface area contributed by atoms with E-state index in [2.05, 4.69) is 5.32 Å². The molecule has 1 fully saturated rings. The lowest BCUT2D eigenvalue weighted by molar-refractivity contribution is -0.127. The van der Waals surface area contributed by atoms with E-state index in [-0.39, 0.29) is 21.9 Å². The van der Waals surface area contributed by atoms with Crippen molar-refractivity contribution in [1.29, 1.82) is 0 Å². The molecule has 0 radical (unpaired) electrons. The van der Waals surface area contributed by atoms with Gasteiger partial charge in [-0.15, -0.1) is 0 Å². The number of phenolic OH excluding ortho intramolecular Hbond substituents is 1. The Balaban J connectivity index is 1.73. The van der Waals surface area contributed by atoms with Crippen molar-refractivity contribution in [2.45, 2.75) is 0 Å². The van der Waals surface area contributed by atoms with Gasteiger partial charge in [-0.3, -0.25) is 19.3 Å². The molecule has 148 valence electrons. The largest absolute Gasteiger partial charge is 0.508 e. The number of carbonyl (C=O) groups excluding carboxylic acids is 3. The molecule has 10 heteroatoms. The van der Waals surface area contributed by atoms with Crippen molar-refractivity contribution in [2.75, 3.05) is 11.9 Å². The van der Waals surface area contributed by atoms with Gasteiger partial charge in [0.25, 0.3) is 11.1 Å². The number of aromatic carboxylic acids is 1. The maximum Gasteiger partial charge on any atom is 0.337 e. The molecule has 3 amide bonds. The van der Waals surface area contributed by atoms with Crippen LogP contribution in [0.4, 0.5) is 10.5 Å². The molecule has 1 saturated heterocycles. The number of phenols is 1. The van der Waals surface area contributed by atoms with Crippen LogP contribution in [0, 0.1) is 0 Å². The lowest BCUT2D eigenvalue weighted by Crippen LogP contribution is -2.36. The second-order valence-corrected chi connectivity index (χ2v) is 7.33. The van der Waals surface area contributed by atoms with Crippen molar-refractivity contribution >= 4 is 58.1 Å². The molecule has 0 spiro atoms. The summed E-state index contributed by atoms with van der Waals surface area (Å²) in [6.07, 6.45) is 1.52. The van der Waals surface area contributed by atoms with E-state index in [1.54, 1.807) is 24.3 Å². The number of anilines is 1. The van der Waals surface area contributed by atoms with E-state index in [9.17, 15) is 24.3 Å². The standard InChI is InChI=1S/C19H13ClN2O6S/c20-11-3-1-10(2-4-11)7-15-17(25)22(19(28)29-15)9-16(24)21-14-6-5-12(23)8-13(14)18(26)27/h1-8,23H,9H2,(H,21,24)(H,26,27)/b15-7+. The summed E-state index contributed by atoms with van der Waals surface area (Å²) in [6.45, 7) is -0.581. The van der Waals surface area contributed by atoms with Crippen molar-refractivity contribution in [1.82, 2.24) is 4.90 Å². The van der Waals surface area contributed by atoms with Crippen LogP contribution in [0.2, 0.25) is 5.02 Å². The number of nitrogens with one attached hydrogen (secondary N) is 1. The molecule has 0 aliphatic carbocycles. The number of halogens is 1. The number of carbonyl (C=O) groups is 4. The molecule has 2 aromatic carbocycles. The molecule has 0 aromatic heterocycles. The first-order chi connectivity index (χ1) is 13.7. The molecule has 8 nitrogen and oxygen atoms in total.